The fourth-order valence-corrected chi connectivity index (χ4v) is 3.82. The largest absolute Gasteiger partial charge is 0.481 e. The normalized spacial score (nSPS) is 11.0. The van der Waals surface area contributed by atoms with E-state index in [2.05, 4.69) is 5.32 Å². The first kappa shape index (κ1) is 21.3. The van der Waals surface area contributed by atoms with E-state index in [0.717, 1.165) is 10.9 Å². The molecule has 0 bridgehead atoms. The Hall–Kier alpha value is -3.97. The van der Waals surface area contributed by atoms with Gasteiger partial charge in [-0.15, -0.1) is 0 Å². The maximum Gasteiger partial charge on any atom is 0.307 e. The Bertz CT molecular complexity index is 1340. The summed E-state index contributed by atoms with van der Waals surface area (Å²) < 4.78 is 17.0. The van der Waals surface area contributed by atoms with Gasteiger partial charge in [0.05, 0.1) is 6.42 Å². The van der Waals surface area contributed by atoms with Crippen molar-refractivity contribution in [2.24, 2.45) is 12.8 Å². The van der Waals surface area contributed by atoms with Crippen LogP contribution in [-0.4, -0.2) is 21.6 Å². The van der Waals surface area contributed by atoms with E-state index in [1.165, 1.54) is 0 Å². The van der Waals surface area contributed by atoms with Gasteiger partial charge in [0.15, 0.2) is 0 Å². The molecule has 3 aromatic carbocycles. The van der Waals surface area contributed by atoms with E-state index in [-0.39, 0.29) is 13.0 Å². The number of carboxylic acids is 1. The van der Waals surface area contributed by atoms with Gasteiger partial charge >= 0.3 is 5.97 Å². The number of carboxylic acid groups (broad SMARTS) is 1. The van der Waals surface area contributed by atoms with Crippen LogP contribution in [0.25, 0.3) is 22.0 Å². The summed E-state index contributed by atoms with van der Waals surface area (Å²) in [5, 5.41) is 12.7. The second-order valence-electron chi connectivity index (χ2n) is 7.55. The molecule has 0 spiro atoms. The minimum Gasteiger partial charge on any atom is -0.481 e. The number of nitrogens with two attached hydrogens (primary N) is 1. The van der Waals surface area contributed by atoms with Gasteiger partial charge in [0, 0.05) is 53.1 Å². The van der Waals surface area contributed by atoms with Crippen LogP contribution < -0.4 is 11.1 Å². The molecule has 32 heavy (non-hydrogen) atoms. The summed E-state index contributed by atoms with van der Waals surface area (Å²) in [4.78, 5) is 24.3. The molecule has 0 atom stereocenters. The summed E-state index contributed by atoms with van der Waals surface area (Å²) in [7, 11) is 1.85. The van der Waals surface area contributed by atoms with Crippen molar-refractivity contribution in [1.82, 2.24) is 4.57 Å². The molecule has 4 rings (SSSR count). The van der Waals surface area contributed by atoms with Crippen LogP contribution in [0.1, 0.15) is 21.5 Å². The van der Waals surface area contributed by atoms with Crippen LogP contribution in [0.5, 0.6) is 0 Å². The van der Waals surface area contributed by atoms with Gasteiger partial charge in [-0.3, -0.25) is 9.59 Å². The number of para-hydroxylation sites is 1. The van der Waals surface area contributed by atoms with E-state index >= 15 is 4.39 Å². The van der Waals surface area contributed by atoms with Crippen LogP contribution >= 0.6 is 0 Å². The number of nitrogens with one attached hydrogen (secondary N) is 1. The molecule has 0 fully saturated rings. The number of carbonyl (C=O) groups is 2. The molecule has 0 radical (unpaired) electrons. The average Bonchev–Trinajstić information content (AvgIpc) is 3.15. The van der Waals surface area contributed by atoms with E-state index in [1.54, 1.807) is 54.6 Å². The van der Waals surface area contributed by atoms with Crippen molar-refractivity contribution in [2.75, 3.05) is 5.32 Å². The van der Waals surface area contributed by atoms with E-state index in [1.807, 2.05) is 23.9 Å². The zero-order chi connectivity index (χ0) is 22.8. The molecule has 4 aromatic rings. The van der Waals surface area contributed by atoms with Crippen molar-refractivity contribution in [3.8, 4) is 11.1 Å². The highest BCUT2D eigenvalue weighted by Gasteiger charge is 2.18. The Balaban J connectivity index is 1.81. The number of benzene rings is 3. The van der Waals surface area contributed by atoms with Gasteiger partial charge < -0.3 is 20.7 Å². The smallest absolute Gasteiger partial charge is 0.307 e. The summed E-state index contributed by atoms with van der Waals surface area (Å²) >= 11 is 0. The fraction of sp³-hybridized carbons (Fsp3) is 0.120. The molecular formula is C25H22FN3O3. The average molecular weight is 431 g/mol. The molecular weight excluding hydrogens is 409 g/mol. The molecule has 0 saturated carbocycles. The lowest BCUT2D eigenvalue weighted by atomic mass is 9.96. The number of nitrogens with zero attached hydrogens (tertiary/aromatic N) is 1. The van der Waals surface area contributed by atoms with Gasteiger partial charge in [0.2, 0.25) is 0 Å². The lowest BCUT2D eigenvalue weighted by Crippen LogP contribution is -2.15. The SMILES string of the molecule is Cn1ccc2c(-c3cccc(CN)c3F)cc(C(=O)Nc3ccccc3CC(=O)O)cc21. The van der Waals surface area contributed by atoms with Crippen LogP contribution in [0, 0.1) is 5.82 Å². The van der Waals surface area contributed by atoms with E-state index in [4.69, 9.17) is 10.8 Å². The number of aryl methyl sites for hydroxylation is 1. The molecule has 0 aliphatic heterocycles. The van der Waals surface area contributed by atoms with Crippen molar-refractivity contribution in [2.45, 2.75) is 13.0 Å². The lowest BCUT2D eigenvalue weighted by molar-refractivity contribution is -0.136. The Morgan fingerprint density at radius 3 is 2.53 bits per heavy atom. The minimum absolute atomic E-state index is 0.0676. The van der Waals surface area contributed by atoms with Gasteiger partial charge in [-0.1, -0.05) is 36.4 Å². The molecule has 1 heterocycles. The summed E-state index contributed by atoms with van der Waals surface area (Å²) in [5.41, 5.74) is 9.03. The lowest BCUT2D eigenvalue weighted by Gasteiger charge is -2.13. The molecule has 1 amide bonds. The zero-order valence-corrected chi connectivity index (χ0v) is 17.4. The van der Waals surface area contributed by atoms with Crippen molar-refractivity contribution in [3.05, 3.63) is 89.4 Å². The second-order valence-corrected chi connectivity index (χ2v) is 7.55. The molecule has 1 aromatic heterocycles. The third kappa shape index (κ3) is 3.98. The van der Waals surface area contributed by atoms with Crippen molar-refractivity contribution < 1.29 is 19.1 Å². The van der Waals surface area contributed by atoms with Gasteiger partial charge in [-0.2, -0.15) is 0 Å². The Kier molecular flexibility index (Phi) is 5.75. The fourth-order valence-electron chi connectivity index (χ4n) is 3.82. The number of halogens is 1. The zero-order valence-electron chi connectivity index (χ0n) is 17.4. The quantitative estimate of drug-likeness (QED) is 0.423. The Labute approximate surface area is 184 Å². The molecule has 0 aliphatic carbocycles. The number of hydrogen-bond acceptors (Lipinski definition) is 3. The maximum absolute atomic E-state index is 15.1. The highest BCUT2D eigenvalue weighted by atomic mass is 19.1. The summed E-state index contributed by atoms with van der Waals surface area (Å²) in [6.45, 7) is 0.0676. The minimum atomic E-state index is -0.991. The highest BCUT2D eigenvalue weighted by Crippen LogP contribution is 2.34. The van der Waals surface area contributed by atoms with Gasteiger partial charge in [0.25, 0.3) is 5.91 Å². The first-order valence-corrected chi connectivity index (χ1v) is 10.1. The number of amides is 1. The third-order valence-electron chi connectivity index (χ3n) is 5.46. The summed E-state index contributed by atoms with van der Waals surface area (Å²) in [6, 6.07) is 17.1. The molecule has 0 aliphatic rings. The molecule has 162 valence electrons. The predicted molar refractivity (Wildman–Crippen MR) is 122 cm³/mol. The van der Waals surface area contributed by atoms with Crippen LogP contribution in [0.2, 0.25) is 0 Å². The first-order valence-electron chi connectivity index (χ1n) is 10.1. The van der Waals surface area contributed by atoms with E-state index in [9.17, 15) is 9.59 Å². The first-order chi connectivity index (χ1) is 15.4. The second kappa shape index (κ2) is 8.64. The molecule has 4 N–H and O–H groups in total. The number of fused-ring (bicyclic) bond motifs is 1. The molecule has 6 nitrogen and oxygen atoms in total. The predicted octanol–water partition coefficient (Wildman–Crippen LogP) is 4.32. The van der Waals surface area contributed by atoms with E-state index < -0.39 is 17.7 Å². The van der Waals surface area contributed by atoms with Crippen LogP contribution in [-0.2, 0) is 24.8 Å². The maximum atomic E-state index is 15.1. The Morgan fingerprint density at radius 2 is 1.78 bits per heavy atom. The Morgan fingerprint density at radius 1 is 1.03 bits per heavy atom. The van der Waals surface area contributed by atoms with Crippen LogP contribution in [0.15, 0.2) is 66.9 Å². The third-order valence-corrected chi connectivity index (χ3v) is 5.46. The number of aliphatic carboxylic acids is 1. The molecule has 0 saturated heterocycles. The van der Waals surface area contributed by atoms with Gasteiger partial charge in [-0.25, -0.2) is 4.39 Å². The standard InChI is InChI=1S/C25H22FN3O3/c1-29-10-9-18-20(19-7-4-6-16(14-27)24(19)26)11-17(12-22(18)29)25(32)28-21-8-3-2-5-15(21)13-23(30)31/h2-12H,13-14,27H2,1H3,(H,28,32)(H,30,31). The number of hydrogen-bond donors (Lipinski definition) is 3. The number of rotatable bonds is 6. The van der Waals surface area contributed by atoms with E-state index in [0.29, 0.717) is 33.5 Å². The topological polar surface area (TPSA) is 97.4 Å². The monoisotopic (exact) mass is 431 g/mol. The van der Waals surface area contributed by atoms with Crippen LogP contribution in [0.4, 0.5) is 10.1 Å². The highest BCUT2D eigenvalue weighted by molar-refractivity contribution is 6.09. The summed E-state index contributed by atoms with van der Waals surface area (Å²) in [5.74, 6) is -1.82. The number of aromatic nitrogens is 1. The molecule has 0 unspecified atom stereocenters. The van der Waals surface area contributed by atoms with Crippen LogP contribution in [0.3, 0.4) is 0 Å². The summed E-state index contributed by atoms with van der Waals surface area (Å²) in [6.07, 6.45) is 1.64. The van der Waals surface area contributed by atoms with Crippen molar-refractivity contribution >= 4 is 28.5 Å². The molecule has 7 heteroatoms. The van der Waals surface area contributed by atoms with Crippen molar-refractivity contribution in [1.29, 1.82) is 0 Å². The van der Waals surface area contributed by atoms with Crippen molar-refractivity contribution in [3.63, 3.8) is 0 Å². The van der Waals surface area contributed by atoms with Gasteiger partial charge in [0.1, 0.15) is 5.82 Å². The number of carbonyl (C=O) groups excluding carboxylic acids is 1. The number of anilines is 1. The van der Waals surface area contributed by atoms with Gasteiger partial charge in [-0.05, 0) is 35.4 Å².